The molecule has 0 unspecified atom stereocenters. The zero-order valence-electron chi connectivity index (χ0n) is 11.8. The Bertz CT molecular complexity index is 653. The predicted octanol–water partition coefficient (Wildman–Crippen LogP) is 5.56. The standard InChI is InChI=1S/C17H17Br2NO/c1-11-2-6-16(14(18)8-11)21-17-7-3-12(9-15(17)19)10-20-13-4-5-13/h2-3,6-9,13,20H,4-5,10H2,1H3. The van der Waals surface area contributed by atoms with Gasteiger partial charge in [-0.1, -0.05) is 12.1 Å². The van der Waals surface area contributed by atoms with E-state index in [-0.39, 0.29) is 0 Å². The molecule has 1 fully saturated rings. The van der Waals surface area contributed by atoms with Gasteiger partial charge in [-0.05, 0) is 87.0 Å². The Kier molecular flexibility index (Phi) is 4.67. The van der Waals surface area contributed by atoms with E-state index in [4.69, 9.17) is 4.74 Å². The van der Waals surface area contributed by atoms with E-state index >= 15 is 0 Å². The Hall–Kier alpha value is -0.840. The third-order valence-electron chi connectivity index (χ3n) is 3.48. The lowest BCUT2D eigenvalue weighted by atomic mass is 10.2. The largest absolute Gasteiger partial charge is 0.455 e. The molecule has 0 spiro atoms. The zero-order valence-corrected chi connectivity index (χ0v) is 15.0. The van der Waals surface area contributed by atoms with Gasteiger partial charge in [0, 0.05) is 12.6 Å². The quantitative estimate of drug-likeness (QED) is 0.696. The summed E-state index contributed by atoms with van der Waals surface area (Å²) in [6.45, 7) is 2.98. The Morgan fingerprint density at radius 1 is 1.05 bits per heavy atom. The molecule has 0 aromatic heterocycles. The van der Waals surface area contributed by atoms with Crippen molar-refractivity contribution in [3.63, 3.8) is 0 Å². The summed E-state index contributed by atoms with van der Waals surface area (Å²) in [6, 6.07) is 13.0. The van der Waals surface area contributed by atoms with E-state index in [1.54, 1.807) is 0 Å². The molecule has 1 N–H and O–H groups in total. The summed E-state index contributed by atoms with van der Waals surface area (Å²) in [5.41, 5.74) is 2.47. The molecule has 0 aliphatic heterocycles. The van der Waals surface area contributed by atoms with E-state index in [2.05, 4.69) is 62.3 Å². The van der Waals surface area contributed by atoms with Crippen LogP contribution in [0.5, 0.6) is 11.5 Å². The first-order valence-corrected chi connectivity index (χ1v) is 8.66. The van der Waals surface area contributed by atoms with Crippen molar-refractivity contribution in [2.24, 2.45) is 0 Å². The maximum absolute atomic E-state index is 5.97. The lowest BCUT2D eigenvalue weighted by Gasteiger charge is -2.11. The number of benzene rings is 2. The fraction of sp³-hybridized carbons (Fsp3) is 0.294. The molecule has 2 nitrogen and oxygen atoms in total. The van der Waals surface area contributed by atoms with Gasteiger partial charge in [-0.25, -0.2) is 0 Å². The molecule has 21 heavy (non-hydrogen) atoms. The predicted molar refractivity (Wildman–Crippen MR) is 93.0 cm³/mol. The second kappa shape index (κ2) is 6.51. The lowest BCUT2D eigenvalue weighted by molar-refractivity contribution is 0.476. The van der Waals surface area contributed by atoms with Crippen molar-refractivity contribution in [3.8, 4) is 11.5 Å². The van der Waals surface area contributed by atoms with E-state index < -0.39 is 0 Å². The Morgan fingerprint density at radius 2 is 1.71 bits per heavy atom. The number of halogens is 2. The summed E-state index contributed by atoms with van der Waals surface area (Å²) in [5, 5.41) is 3.52. The molecule has 110 valence electrons. The molecule has 4 heteroatoms. The zero-order chi connectivity index (χ0) is 14.8. The van der Waals surface area contributed by atoms with Crippen molar-refractivity contribution in [3.05, 3.63) is 56.5 Å². The van der Waals surface area contributed by atoms with Crippen LogP contribution >= 0.6 is 31.9 Å². The van der Waals surface area contributed by atoms with Gasteiger partial charge in [-0.15, -0.1) is 0 Å². The lowest BCUT2D eigenvalue weighted by Crippen LogP contribution is -2.15. The van der Waals surface area contributed by atoms with Crippen LogP contribution in [0.25, 0.3) is 0 Å². The van der Waals surface area contributed by atoms with Crippen LogP contribution in [0.1, 0.15) is 24.0 Å². The number of aryl methyl sites for hydroxylation is 1. The van der Waals surface area contributed by atoms with E-state index in [1.165, 1.54) is 24.0 Å². The van der Waals surface area contributed by atoms with Gasteiger partial charge in [0.2, 0.25) is 0 Å². The number of nitrogens with one attached hydrogen (secondary N) is 1. The third kappa shape index (κ3) is 4.09. The van der Waals surface area contributed by atoms with Gasteiger partial charge in [0.05, 0.1) is 8.95 Å². The average Bonchev–Trinajstić information content (AvgIpc) is 3.26. The third-order valence-corrected chi connectivity index (χ3v) is 4.72. The van der Waals surface area contributed by atoms with Crippen LogP contribution < -0.4 is 10.1 Å². The van der Waals surface area contributed by atoms with Crippen molar-refractivity contribution in [1.29, 1.82) is 0 Å². The number of hydrogen-bond acceptors (Lipinski definition) is 2. The molecule has 0 radical (unpaired) electrons. The van der Waals surface area contributed by atoms with Crippen molar-refractivity contribution in [2.45, 2.75) is 32.4 Å². The van der Waals surface area contributed by atoms with Crippen LogP contribution in [0.15, 0.2) is 45.3 Å². The van der Waals surface area contributed by atoms with Gasteiger partial charge >= 0.3 is 0 Å². The van der Waals surface area contributed by atoms with Gasteiger partial charge in [0.1, 0.15) is 11.5 Å². The highest BCUT2D eigenvalue weighted by Gasteiger charge is 2.20. The molecule has 0 heterocycles. The van der Waals surface area contributed by atoms with Gasteiger partial charge in [-0.3, -0.25) is 0 Å². The molecule has 2 aromatic rings. The molecule has 3 rings (SSSR count). The highest BCUT2D eigenvalue weighted by Crippen LogP contribution is 2.35. The fourth-order valence-electron chi connectivity index (χ4n) is 2.09. The molecule has 1 aliphatic carbocycles. The van der Waals surface area contributed by atoms with Crippen LogP contribution in [0.3, 0.4) is 0 Å². The van der Waals surface area contributed by atoms with E-state index in [1.807, 2.05) is 18.2 Å². The van der Waals surface area contributed by atoms with Gasteiger partial charge in [0.25, 0.3) is 0 Å². The Morgan fingerprint density at radius 3 is 2.33 bits per heavy atom. The molecular weight excluding hydrogens is 394 g/mol. The van der Waals surface area contributed by atoms with Crippen LogP contribution in [0.2, 0.25) is 0 Å². The Labute approximate surface area is 142 Å². The number of rotatable bonds is 5. The first-order chi connectivity index (χ1) is 10.1. The van der Waals surface area contributed by atoms with Crippen LogP contribution in [0.4, 0.5) is 0 Å². The summed E-state index contributed by atoms with van der Waals surface area (Å²) in [7, 11) is 0. The van der Waals surface area contributed by atoms with E-state index in [9.17, 15) is 0 Å². The Balaban J connectivity index is 1.72. The fourth-order valence-corrected chi connectivity index (χ4v) is 3.18. The van der Waals surface area contributed by atoms with Crippen molar-refractivity contribution in [2.75, 3.05) is 0 Å². The van der Waals surface area contributed by atoms with Gasteiger partial charge in [-0.2, -0.15) is 0 Å². The number of ether oxygens (including phenoxy) is 1. The first kappa shape index (κ1) is 15.1. The summed E-state index contributed by atoms with van der Waals surface area (Å²) in [4.78, 5) is 0. The second-order valence-electron chi connectivity index (χ2n) is 5.46. The summed E-state index contributed by atoms with van der Waals surface area (Å²) in [6.07, 6.45) is 2.62. The van der Waals surface area contributed by atoms with E-state index in [0.29, 0.717) is 0 Å². The summed E-state index contributed by atoms with van der Waals surface area (Å²) >= 11 is 7.14. The van der Waals surface area contributed by atoms with Crippen molar-refractivity contribution >= 4 is 31.9 Å². The monoisotopic (exact) mass is 409 g/mol. The molecule has 0 saturated heterocycles. The molecule has 0 bridgehead atoms. The first-order valence-electron chi connectivity index (χ1n) is 7.07. The molecule has 0 atom stereocenters. The molecule has 0 amide bonds. The smallest absolute Gasteiger partial charge is 0.141 e. The SMILES string of the molecule is Cc1ccc(Oc2ccc(CNC3CC3)cc2Br)c(Br)c1. The van der Waals surface area contributed by atoms with Crippen molar-refractivity contribution < 1.29 is 4.74 Å². The maximum Gasteiger partial charge on any atom is 0.141 e. The van der Waals surface area contributed by atoms with Gasteiger partial charge < -0.3 is 10.1 Å². The highest BCUT2D eigenvalue weighted by molar-refractivity contribution is 9.11. The molecule has 2 aromatic carbocycles. The minimum atomic E-state index is 0.725. The maximum atomic E-state index is 5.97. The topological polar surface area (TPSA) is 21.3 Å². The summed E-state index contributed by atoms with van der Waals surface area (Å²) < 4.78 is 7.92. The van der Waals surface area contributed by atoms with Gasteiger partial charge in [0.15, 0.2) is 0 Å². The van der Waals surface area contributed by atoms with Crippen LogP contribution in [0, 0.1) is 6.92 Å². The second-order valence-corrected chi connectivity index (χ2v) is 7.16. The van der Waals surface area contributed by atoms with Crippen molar-refractivity contribution in [1.82, 2.24) is 5.32 Å². The minimum Gasteiger partial charge on any atom is -0.455 e. The van der Waals surface area contributed by atoms with E-state index in [0.717, 1.165) is 33.0 Å². The molecule has 1 aliphatic rings. The van der Waals surface area contributed by atoms with Crippen LogP contribution in [-0.2, 0) is 6.54 Å². The normalized spacial score (nSPS) is 14.2. The molecule has 1 saturated carbocycles. The average molecular weight is 411 g/mol. The summed E-state index contributed by atoms with van der Waals surface area (Å²) in [5.74, 6) is 1.65. The van der Waals surface area contributed by atoms with Crippen LogP contribution in [-0.4, -0.2) is 6.04 Å². The minimum absolute atomic E-state index is 0.725. The number of hydrogen-bond donors (Lipinski definition) is 1. The highest BCUT2D eigenvalue weighted by atomic mass is 79.9. The molecular formula is C17H17Br2NO.